The first-order valence-electron chi connectivity index (χ1n) is 5.93. The molecule has 0 radical (unpaired) electrons. The molecule has 0 spiro atoms. The third kappa shape index (κ3) is 4.70. The molecule has 0 aromatic heterocycles. The Morgan fingerprint density at radius 2 is 1.71 bits per heavy atom. The number of benzene rings is 2. The lowest BCUT2D eigenvalue weighted by Crippen LogP contribution is -2.43. The highest BCUT2D eigenvalue weighted by atomic mass is 79.9. The van der Waals surface area contributed by atoms with E-state index in [2.05, 4.69) is 32.1 Å². The molecular formula is C14H11BrClN3OS. The standard InChI is InChI=1S/C14H11BrClN3OS/c15-12-4-2-1-3-11(12)13(20)18-19-14(21)17-10-7-5-9(16)6-8-10/h1-8H,(H,18,20)(H2,17,19,21). The minimum absolute atomic E-state index is 0.276. The average molecular weight is 385 g/mol. The summed E-state index contributed by atoms with van der Waals surface area (Å²) in [6.45, 7) is 0. The van der Waals surface area contributed by atoms with Gasteiger partial charge in [0.15, 0.2) is 5.11 Å². The summed E-state index contributed by atoms with van der Waals surface area (Å²) in [6.07, 6.45) is 0. The van der Waals surface area contributed by atoms with Gasteiger partial charge in [0.2, 0.25) is 0 Å². The van der Waals surface area contributed by atoms with E-state index in [-0.39, 0.29) is 11.0 Å². The SMILES string of the molecule is O=C(NNC(=S)Nc1ccc(Cl)cc1)c1ccccc1Br. The lowest BCUT2D eigenvalue weighted by molar-refractivity contribution is 0.0943. The number of hydrogen-bond donors (Lipinski definition) is 3. The lowest BCUT2D eigenvalue weighted by Gasteiger charge is -2.12. The van der Waals surface area contributed by atoms with Crippen LogP contribution in [0.2, 0.25) is 5.02 Å². The second kappa shape index (κ2) is 7.40. The van der Waals surface area contributed by atoms with Gasteiger partial charge >= 0.3 is 0 Å². The van der Waals surface area contributed by atoms with Gasteiger partial charge in [0.1, 0.15) is 0 Å². The fourth-order valence-electron chi connectivity index (χ4n) is 1.52. The Hall–Kier alpha value is -1.63. The first-order valence-corrected chi connectivity index (χ1v) is 7.51. The van der Waals surface area contributed by atoms with E-state index in [0.717, 1.165) is 5.69 Å². The maximum Gasteiger partial charge on any atom is 0.270 e. The molecule has 0 bridgehead atoms. The molecule has 0 unspecified atom stereocenters. The van der Waals surface area contributed by atoms with E-state index in [1.165, 1.54) is 0 Å². The number of amides is 1. The second-order valence-electron chi connectivity index (χ2n) is 4.02. The molecule has 108 valence electrons. The van der Waals surface area contributed by atoms with Gasteiger partial charge in [-0.3, -0.25) is 15.6 Å². The van der Waals surface area contributed by atoms with Crippen LogP contribution in [-0.4, -0.2) is 11.0 Å². The number of rotatable bonds is 2. The maximum absolute atomic E-state index is 12.0. The minimum Gasteiger partial charge on any atom is -0.331 e. The molecule has 0 atom stereocenters. The van der Waals surface area contributed by atoms with E-state index in [1.807, 2.05) is 6.07 Å². The Kier molecular flexibility index (Phi) is 5.55. The third-order valence-electron chi connectivity index (χ3n) is 2.51. The molecule has 2 aromatic rings. The zero-order valence-corrected chi connectivity index (χ0v) is 13.8. The summed E-state index contributed by atoms with van der Waals surface area (Å²) in [4.78, 5) is 12.0. The van der Waals surface area contributed by atoms with Crippen LogP contribution in [0.3, 0.4) is 0 Å². The average Bonchev–Trinajstić information content (AvgIpc) is 2.48. The zero-order valence-electron chi connectivity index (χ0n) is 10.7. The van der Waals surface area contributed by atoms with Crippen LogP contribution >= 0.6 is 39.7 Å². The minimum atomic E-state index is -0.289. The van der Waals surface area contributed by atoms with Crippen LogP contribution in [0.5, 0.6) is 0 Å². The monoisotopic (exact) mass is 383 g/mol. The molecule has 0 saturated carbocycles. The van der Waals surface area contributed by atoms with Crippen LogP contribution in [0.15, 0.2) is 53.0 Å². The number of nitrogens with one attached hydrogen (secondary N) is 3. The van der Waals surface area contributed by atoms with E-state index in [1.54, 1.807) is 42.5 Å². The molecule has 1 amide bonds. The number of carbonyl (C=O) groups is 1. The Morgan fingerprint density at radius 3 is 2.38 bits per heavy atom. The van der Waals surface area contributed by atoms with Gasteiger partial charge in [0, 0.05) is 15.2 Å². The van der Waals surface area contributed by atoms with Crippen LogP contribution in [0.4, 0.5) is 5.69 Å². The van der Waals surface area contributed by atoms with E-state index < -0.39 is 0 Å². The number of thiocarbonyl (C=S) groups is 1. The maximum atomic E-state index is 12.0. The first kappa shape index (κ1) is 15.8. The summed E-state index contributed by atoms with van der Waals surface area (Å²) in [5.41, 5.74) is 6.44. The highest BCUT2D eigenvalue weighted by Gasteiger charge is 2.08. The van der Waals surface area contributed by atoms with E-state index in [4.69, 9.17) is 23.8 Å². The van der Waals surface area contributed by atoms with Crippen molar-refractivity contribution >= 4 is 56.5 Å². The van der Waals surface area contributed by atoms with Crippen molar-refractivity contribution in [1.29, 1.82) is 0 Å². The molecule has 0 aliphatic carbocycles. The first-order chi connectivity index (χ1) is 10.1. The third-order valence-corrected chi connectivity index (χ3v) is 3.66. The molecule has 4 nitrogen and oxygen atoms in total. The van der Waals surface area contributed by atoms with Crippen LogP contribution < -0.4 is 16.2 Å². The number of hydrazine groups is 1. The predicted octanol–water partition coefficient (Wildman–Crippen LogP) is 3.73. The Labute approximate surface area is 141 Å². The lowest BCUT2D eigenvalue weighted by atomic mass is 10.2. The van der Waals surface area contributed by atoms with Gasteiger partial charge in [-0.1, -0.05) is 23.7 Å². The molecule has 2 rings (SSSR count). The molecule has 3 N–H and O–H groups in total. The Balaban J connectivity index is 1.88. The van der Waals surface area contributed by atoms with Gasteiger partial charge in [-0.2, -0.15) is 0 Å². The Morgan fingerprint density at radius 1 is 1.05 bits per heavy atom. The van der Waals surface area contributed by atoms with Crippen molar-refractivity contribution in [1.82, 2.24) is 10.9 Å². The van der Waals surface area contributed by atoms with Crippen molar-refractivity contribution in [3.05, 3.63) is 63.6 Å². The zero-order chi connectivity index (χ0) is 15.2. The summed E-state index contributed by atoms with van der Waals surface area (Å²) in [5.74, 6) is -0.289. The number of carbonyl (C=O) groups excluding carboxylic acids is 1. The molecule has 0 aliphatic rings. The highest BCUT2D eigenvalue weighted by molar-refractivity contribution is 9.10. The van der Waals surface area contributed by atoms with Gasteiger partial charge in [0.05, 0.1) is 5.56 Å². The molecule has 0 fully saturated rings. The van der Waals surface area contributed by atoms with Crippen LogP contribution in [-0.2, 0) is 0 Å². The molecule has 21 heavy (non-hydrogen) atoms. The number of hydrogen-bond acceptors (Lipinski definition) is 2. The normalized spacial score (nSPS) is 9.81. The fourth-order valence-corrected chi connectivity index (χ4v) is 2.28. The smallest absolute Gasteiger partial charge is 0.270 e. The van der Waals surface area contributed by atoms with E-state index >= 15 is 0 Å². The van der Waals surface area contributed by atoms with Gasteiger partial charge in [-0.05, 0) is 64.5 Å². The molecule has 0 aliphatic heterocycles. The number of anilines is 1. The molecular weight excluding hydrogens is 374 g/mol. The van der Waals surface area contributed by atoms with Crippen molar-refractivity contribution in [2.45, 2.75) is 0 Å². The largest absolute Gasteiger partial charge is 0.331 e. The molecule has 0 saturated heterocycles. The van der Waals surface area contributed by atoms with Crippen LogP contribution in [0, 0.1) is 0 Å². The highest BCUT2D eigenvalue weighted by Crippen LogP contribution is 2.15. The topological polar surface area (TPSA) is 53.2 Å². The van der Waals surface area contributed by atoms with Crippen molar-refractivity contribution in [3.63, 3.8) is 0 Å². The molecule has 7 heteroatoms. The van der Waals surface area contributed by atoms with Gasteiger partial charge < -0.3 is 5.32 Å². The van der Waals surface area contributed by atoms with Crippen molar-refractivity contribution in [3.8, 4) is 0 Å². The number of halogens is 2. The van der Waals surface area contributed by atoms with E-state index in [0.29, 0.717) is 15.1 Å². The fraction of sp³-hybridized carbons (Fsp3) is 0. The second-order valence-corrected chi connectivity index (χ2v) is 5.72. The summed E-state index contributed by atoms with van der Waals surface area (Å²) in [5, 5.41) is 3.84. The molecule has 0 heterocycles. The van der Waals surface area contributed by atoms with Crippen LogP contribution in [0.25, 0.3) is 0 Å². The van der Waals surface area contributed by atoms with Crippen LogP contribution in [0.1, 0.15) is 10.4 Å². The van der Waals surface area contributed by atoms with Gasteiger partial charge in [-0.25, -0.2) is 0 Å². The summed E-state index contributed by atoms with van der Waals surface area (Å²) >= 11 is 14.2. The summed E-state index contributed by atoms with van der Waals surface area (Å²) < 4.78 is 0.709. The predicted molar refractivity (Wildman–Crippen MR) is 92.4 cm³/mol. The summed E-state index contributed by atoms with van der Waals surface area (Å²) in [7, 11) is 0. The quantitative estimate of drug-likeness (QED) is 0.545. The molecule has 2 aromatic carbocycles. The van der Waals surface area contributed by atoms with Gasteiger partial charge in [0.25, 0.3) is 5.91 Å². The van der Waals surface area contributed by atoms with E-state index in [9.17, 15) is 4.79 Å². The van der Waals surface area contributed by atoms with Crippen molar-refractivity contribution in [2.75, 3.05) is 5.32 Å². The van der Waals surface area contributed by atoms with Gasteiger partial charge in [-0.15, -0.1) is 0 Å². The van der Waals surface area contributed by atoms with Crippen molar-refractivity contribution < 1.29 is 4.79 Å². The van der Waals surface area contributed by atoms with Crippen molar-refractivity contribution in [2.24, 2.45) is 0 Å². The summed E-state index contributed by atoms with van der Waals surface area (Å²) in [6, 6.07) is 14.2. The Bertz CT molecular complexity index is 664.